The van der Waals surface area contributed by atoms with Crippen molar-refractivity contribution in [1.82, 2.24) is 0 Å². The number of carbonyl (C=O) groups is 2. The molecule has 1 unspecified atom stereocenters. The van der Waals surface area contributed by atoms with E-state index >= 15 is 0 Å². The second-order valence-corrected chi connectivity index (χ2v) is 3.09. The van der Waals surface area contributed by atoms with Crippen LogP contribution in [0.3, 0.4) is 0 Å². The van der Waals surface area contributed by atoms with Crippen LogP contribution in [0.25, 0.3) is 0 Å². The molecule has 0 aliphatic heterocycles. The summed E-state index contributed by atoms with van der Waals surface area (Å²) in [6.07, 6.45) is -1.07. The quantitative estimate of drug-likeness (QED) is 0.583. The van der Waals surface area contributed by atoms with Crippen LogP contribution < -0.4 is 0 Å². The van der Waals surface area contributed by atoms with Gasteiger partial charge in [0.2, 0.25) is 0 Å². The number of phenols is 1. The van der Waals surface area contributed by atoms with Crippen molar-refractivity contribution in [2.75, 3.05) is 6.61 Å². The molecular formula is C11H12O5. The van der Waals surface area contributed by atoms with Gasteiger partial charge in [0.15, 0.2) is 6.10 Å². The van der Waals surface area contributed by atoms with Crippen molar-refractivity contribution in [1.29, 1.82) is 0 Å². The molecule has 0 aliphatic carbocycles. The van der Waals surface area contributed by atoms with E-state index < -0.39 is 12.1 Å². The van der Waals surface area contributed by atoms with Crippen molar-refractivity contribution in [3.05, 3.63) is 29.3 Å². The molecule has 0 radical (unpaired) electrons. The fourth-order valence-corrected chi connectivity index (χ4v) is 1.25. The Morgan fingerprint density at radius 3 is 2.81 bits per heavy atom. The Kier molecular flexibility index (Phi) is 4.02. The van der Waals surface area contributed by atoms with Crippen LogP contribution in [0, 0.1) is 0 Å². The van der Waals surface area contributed by atoms with Gasteiger partial charge in [-0.3, -0.25) is 4.79 Å². The van der Waals surface area contributed by atoms with Crippen LogP contribution in [0.1, 0.15) is 28.9 Å². The van der Waals surface area contributed by atoms with Crippen LogP contribution in [-0.4, -0.2) is 29.1 Å². The number of rotatable bonds is 4. The Hall–Kier alpha value is -1.88. The monoisotopic (exact) mass is 224 g/mol. The second kappa shape index (κ2) is 5.27. The average molecular weight is 224 g/mol. The summed E-state index contributed by atoms with van der Waals surface area (Å²) in [5, 5.41) is 18.8. The molecule has 0 amide bonds. The second-order valence-electron chi connectivity index (χ2n) is 3.09. The number of aldehydes is 1. The number of aliphatic hydroxyl groups excluding tert-OH is 1. The Balaban J connectivity index is 3.05. The van der Waals surface area contributed by atoms with E-state index in [9.17, 15) is 19.8 Å². The fraction of sp³-hybridized carbons (Fsp3) is 0.273. The van der Waals surface area contributed by atoms with Crippen molar-refractivity contribution in [3.8, 4) is 5.75 Å². The molecule has 5 nitrogen and oxygen atoms in total. The molecule has 0 aromatic heterocycles. The number of hydrogen-bond donors (Lipinski definition) is 2. The number of benzene rings is 1. The zero-order valence-electron chi connectivity index (χ0n) is 8.71. The Labute approximate surface area is 92.3 Å². The third-order valence-corrected chi connectivity index (χ3v) is 2.00. The summed E-state index contributed by atoms with van der Waals surface area (Å²) in [5.74, 6) is -0.986. The maximum absolute atomic E-state index is 11.3. The normalized spacial score (nSPS) is 11.9. The highest BCUT2D eigenvalue weighted by Crippen LogP contribution is 2.22. The highest BCUT2D eigenvalue weighted by molar-refractivity contribution is 5.84. The predicted molar refractivity (Wildman–Crippen MR) is 55.1 cm³/mol. The third kappa shape index (κ3) is 2.58. The molecule has 5 heteroatoms. The van der Waals surface area contributed by atoms with Gasteiger partial charge in [0.25, 0.3) is 0 Å². The number of phenolic OH excluding ortho intramolecular Hbond substituents is 1. The fourth-order valence-electron chi connectivity index (χ4n) is 1.25. The first kappa shape index (κ1) is 12.2. The van der Waals surface area contributed by atoms with E-state index in [0.717, 1.165) is 6.07 Å². The summed E-state index contributed by atoms with van der Waals surface area (Å²) < 4.78 is 4.61. The van der Waals surface area contributed by atoms with Crippen LogP contribution in [-0.2, 0) is 9.53 Å². The molecule has 86 valence electrons. The first-order valence-corrected chi connectivity index (χ1v) is 4.73. The number of ether oxygens (including phenoxy) is 1. The number of aliphatic hydroxyl groups is 1. The third-order valence-electron chi connectivity index (χ3n) is 2.00. The lowest BCUT2D eigenvalue weighted by molar-refractivity contribution is -0.153. The topological polar surface area (TPSA) is 83.8 Å². The summed E-state index contributed by atoms with van der Waals surface area (Å²) in [5.41, 5.74) is 0.173. The molecule has 1 aromatic rings. The van der Waals surface area contributed by atoms with Gasteiger partial charge in [-0.15, -0.1) is 0 Å². The Bertz CT molecular complexity index is 399. The molecular weight excluding hydrogens is 212 g/mol. The molecule has 0 aliphatic rings. The Morgan fingerprint density at radius 1 is 1.56 bits per heavy atom. The summed E-state index contributed by atoms with van der Waals surface area (Å²) >= 11 is 0. The largest absolute Gasteiger partial charge is 0.508 e. The van der Waals surface area contributed by atoms with Gasteiger partial charge >= 0.3 is 5.97 Å². The first-order valence-electron chi connectivity index (χ1n) is 4.73. The molecule has 0 heterocycles. The average Bonchev–Trinajstić information content (AvgIpc) is 2.28. The minimum atomic E-state index is -1.56. The molecule has 0 spiro atoms. The SMILES string of the molecule is CCOC(=O)C(O)c1cc(O)ccc1C=O. The van der Waals surface area contributed by atoms with Gasteiger partial charge in [-0.05, 0) is 25.1 Å². The van der Waals surface area contributed by atoms with Gasteiger partial charge in [-0.2, -0.15) is 0 Å². The Morgan fingerprint density at radius 2 is 2.25 bits per heavy atom. The molecule has 1 rings (SSSR count). The summed E-state index contributed by atoms with van der Waals surface area (Å²) in [7, 11) is 0. The van der Waals surface area contributed by atoms with Gasteiger partial charge in [0, 0.05) is 11.1 Å². The van der Waals surface area contributed by atoms with Crippen molar-refractivity contribution in [3.63, 3.8) is 0 Å². The molecule has 1 atom stereocenters. The summed E-state index contributed by atoms with van der Waals surface area (Å²) in [6, 6.07) is 3.77. The number of aromatic hydroxyl groups is 1. The van der Waals surface area contributed by atoms with E-state index in [1.807, 2.05) is 0 Å². The van der Waals surface area contributed by atoms with Crippen molar-refractivity contribution < 1.29 is 24.5 Å². The standard InChI is InChI=1S/C11H12O5/c1-2-16-11(15)10(14)9-5-8(13)4-3-7(9)6-12/h3-6,10,13-14H,2H2,1H3. The van der Waals surface area contributed by atoms with Crippen molar-refractivity contribution in [2.24, 2.45) is 0 Å². The van der Waals surface area contributed by atoms with Crippen molar-refractivity contribution in [2.45, 2.75) is 13.0 Å². The van der Waals surface area contributed by atoms with Gasteiger partial charge < -0.3 is 14.9 Å². The molecule has 0 saturated heterocycles. The van der Waals surface area contributed by atoms with E-state index in [1.54, 1.807) is 6.92 Å². The lowest BCUT2D eigenvalue weighted by Crippen LogP contribution is -2.16. The van der Waals surface area contributed by atoms with Crippen LogP contribution >= 0.6 is 0 Å². The van der Waals surface area contributed by atoms with Gasteiger partial charge in [-0.1, -0.05) is 0 Å². The molecule has 0 bridgehead atoms. The van der Waals surface area contributed by atoms with E-state index in [0.29, 0.717) is 6.29 Å². The summed E-state index contributed by atoms with van der Waals surface area (Å²) in [4.78, 5) is 21.9. The zero-order chi connectivity index (χ0) is 12.1. The van der Waals surface area contributed by atoms with E-state index in [4.69, 9.17) is 0 Å². The predicted octanol–water partition coefficient (Wildman–Crippen LogP) is 0.801. The number of esters is 1. The van der Waals surface area contributed by atoms with Gasteiger partial charge in [0.05, 0.1) is 6.61 Å². The highest BCUT2D eigenvalue weighted by atomic mass is 16.5. The lowest BCUT2D eigenvalue weighted by Gasteiger charge is -2.12. The van der Waals surface area contributed by atoms with Gasteiger partial charge in [-0.25, -0.2) is 4.79 Å². The van der Waals surface area contributed by atoms with Crippen LogP contribution in [0.4, 0.5) is 0 Å². The van der Waals surface area contributed by atoms with E-state index in [2.05, 4.69) is 4.74 Å². The van der Waals surface area contributed by atoms with Crippen LogP contribution in [0.5, 0.6) is 5.75 Å². The maximum atomic E-state index is 11.3. The summed E-state index contributed by atoms with van der Waals surface area (Å²) in [6.45, 7) is 1.73. The van der Waals surface area contributed by atoms with E-state index in [-0.39, 0.29) is 23.5 Å². The van der Waals surface area contributed by atoms with Gasteiger partial charge in [0.1, 0.15) is 12.0 Å². The molecule has 0 saturated carbocycles. The smallest absolute Gasteiger partial charge is 0.339 e. The zero-order valence-corrected chi connectivity index (χ0v) is 8.71. The van der Waals surface area contributed by atoms with Crippen LogP contribution in [0.15, 0.2) is 18.2 Å². The lowest BCUT2D eigenvalue weighted by atomic mass is 10.0. The van der Waals surface area contributed by atoms with Crippen LogP contribution in [0.2, 0.25) is 0 Å². The minimum Gasteiger partial charge on any atom is -0.508 e. The minimum absolute atomic E-state index is 0.0356. The number of carbonyl (C=O) groups excluding carboxylic acids is 2. The number of hydrogen-bond acceptors (Lipinski definition) is 5. The molecule has 16 heavy (non-hydrogen) atoms. The van der Waals surface area contributed by atoms with Crippen molar-refractivity contribution >= 4 is 12.3 Å². The molecule has 2 N–H and O–H groups in total. The molecule has 0 fully saturated rings. The highest BCUT2D eigenvalue weighted by Gasteiger charge is 2.21. The maximum Gasteiger partial charge on any atom is 0.339 e. The van der Waals surface area contributed by atoms with E-state index in [1.165, 1.54) is 12.1 Å². The molecule has 1 aromatic carbocycles. The first-order chi connectivity index (χ1) is 7.60.